The number of hydrogen-bond acceptors (Lipinski definition) is 8. The molecule has 0 unspecified atom stereocenters. The molecular formula is C19H26O8. The second-order valence-electron chi connectivity index (χ2n) is 5.34. The molecule has 8 nitrogen and oxygen atoms in total. The van der Waals surface area contributed by atoms with Crippen LogP contribution in [0.5, 0.6) is 0 Å². The van der Waals surface area contributed by atoms with Crippen LogP contribution in [0.4, 0.5) is 0 Å². The first kappa shape index (κ1) is 26.3. The maximum atomic E-state index is 11.3. The van der Waals surface area contributed by atoms with Gasteiger partial charge in [-0.05, 0) is 46.3 Å². The van der Waals surface area contributed by atoms with Crippen LogP contribution in [0.1, 0.15) is 34.6 Å². The molecule has 0 rings (SSSR count). The molecule has 0 aliphatic rings. The zero-order chi connectivity index (χ0) is 21.7. The van der Waals surface area contributed by atoms with Crippen molar-refractivity contribution in [3.63, 3.8) is 0 Å². The van der Waals surface area contributed by atoms with Crippen LogP contribution in [0.3, 0.4) is 0 Å². The molecule has 8 heteroatoms. The number of esters is 2. The molecule has 0 aliphatic heterocycles. The molecule has 0 saturated heterocycles. The molecule has 0 radical (unpaired) electrons. The van der Waals surface area contributed by atoms with Crippen molar-refractivity contribution in [1.82, 2.24) is 0 Å². The Labute approximate surface area is 158 Å². The minimum Gasteiger partial charge on any atom is -0.465 e. The average molecular weight is 382 g/mol. The van der Waals surface area contributed by atoms with Gasteiger partial charge in [-0.2, -0.15) is 0 Å². The highest BCUT2D eigenvalue weighted by molar-refractivity contribution is 6.22. The van der Waals surface area contributed by atoms with Crippen LogP contribution in [0, 0.1) is 11.8 Å². The van der Waals surface area contributed by atoms with Crippen LogP contribution < -0.4 is 0 Å². The molecule has 0 saturated carbocycles. The number of ether oxygens (including phenoxy) is 2. The van der Waals surface area contributed by atoms with Crippen LogP contribution in [0.25, 0.3) is 0 Å². The molecular weight excluding hydrogens is 356 g/mol. The second kappa shape index (κ2) is 13.3. The predicted octanol–water partition coefficient (Wildman–Crippen LogP) is 1.41. The summed E-state index contributed by atoms with van der Waals surface area (Å²) in [6.45, 7) is 13.9. The van der Waals surface area contributed by atoms with Crippen LogP contribution >= 0.6 is 0 Å². The number of carbonyl (C=O) groups excluding carboxylic acids is 6. The molecule has 150 valence electrons. The fourth-order valence-corrected chi connectivity index (χ4v) is 1.80. The Morgan fingerprint density at radius 2 is 1.19 bits per heavy atom. The van der Waals surface area contributed by atoms with Gasteiger partial charge in [-0.3, -0.25) is 28.8 Å². The van der Waals surface area contributed by atoms with E-state index in [-0.39, 0.29) is 18.8 Å². The van der Waals surface area contributed by atoms with Gasteiger partial charge in [0.2, 0.25) is 5.92 Å². The molecule has 0 aromatic heterocycles. The lowest BCUT2D eigenvalue weighted by Gasteiger charge is -2.11. The minimum atomic E-state index is -1.54. The molecule has 0 aromatic carbocycles. The zero-order valence-corrected chi connectivity index (χ0v) is 16.3. The third-order valence-electron chi connectivity index (χ3n) is 3.03. The van der Waals surface area contributed by atoms with E-state index in [9.17, 15) is 28.8 Å². The van der Waals surface area contributed by atoms with Gasteiger partial charge in [-0.1, -0.05) is 13.2 Å². The van der Waals surface area contributed by atoms with Gasteiger partial charge in [0.05, 0.1) is 13.2 Å². The van der Waals surface area contributed by atoms with Crippen molar-refractivity contribution in [2.75, 3.05) is 13.2 Å². The van der Waals surface area contributed by atoms with E-state index in [0.29, 0.717) is 0 Å². The van der Waals surface area contributed by atoms with Crippen LogP contribution in [0.2, 0.25) is 0 Å². The topological polar surface area (TPSA) is 121 Å². The number of ketones is 4. The van der Waals surface area contributed by atoms with Gasteiger partial charge < -0.3 is 9.47 Å². The second-order valence-corrected chi connectivity index (χ2v) is 5.34. The van der Waals surface area contributed by atoms with Crippen molar-refractivity contribution in [3.8, 4) is 0 Å². The lowest BCUT2D eigenvalue weighted by molar-refractivity contribution is -0.163. The monoisotopic (exact) mass is 382 g/mol. The zero-order valence-electron chi connectivity index (χ0n) is 16.3. The van der Waals surface area contributed by atoms with E-state index in [2.05, 4.69) is 22.6 Å². The number of allylic oxidation sites excluding steroid dienone is 2. The van der Waals surface area contributed by atoms with Crippen LogP contribution in [-0.4, -0.2) is 48.3 Å². The molecule has 0 aromatic rings. The van der Waals surface area contributed by atoms with E-state index in [1.54, 1.807) is 13.8 Å². The van der Waals surface area contributed by atoms with Crippen molar-refractivity contribution in [2.45, 2.75) is 34.6 Å². The molecule has 27 heavy (non-hydrogen) atoms. The molecule has 0 N–H and O–H groups in total. The van der Waals surface area contributed by atoms with Crippen molar-refractivity contribution in [2.24, 2.45) is 11.8 Å². The van der Waals surface area contributed by atoms with Gasteiger partial charge in [-0.25, -0.2) is 0 Å². The summed E-state index contributed by atoms with van der Waals surface area (Å²) in [5.74, 6) is -6.51. The van der Waals surface area contributed by atoms with Gasteiger partial charge >= 0.3 is 11.9 Å². The summed E-state index contributed by atoms with van der Waals surface area (Å²) in [4.78, 5) is 66.6. The Morgan fingerprint density at radius 3 is 1.37 bits per heavy atom. The first-order valence-electron chi connectivity index (χ1n) is 8.16. The normalized spacial score (nSPS) is 9.59. The third kappa shape index (κ3) is 9.39. The fraction of sp³-hybridized carbons (Fsp3) is 0.474. The Kier molecular flexibility index (Phi) is 13.0. The number of rotatable bonds is 10. The standard InChI is InChI=1S/C10H14O5.C9H12O3/c1-4-7(11)8(9(12)14-5-2)10(13)15-6-3;1-5(2)9(12)8(6(3)10)7(4)11/h4,8H,1,5-6H2,2-3H3;8H,1H2,2-4H3. The highest BCUT2D eigenvalue weighted by atomic mass is 16.6. The summed E-state index contributed by atoms with van der Waals surface area (Å²) in [5, 5.41) is 0. The molecule has 0 aliphatic carbocycles. The lowest BCUT2D eigenvalue weighted by atomic mass is 9.92. The summed E-state index contributed by atoms with van der Waals surface area (Å²) < 4.78 is 9.17. The van der Waals surface area contributed by atoms with E-state index in [4.69, 9.17) is 0 Å². The number of Topliss-reactive ketones (excluding diaryl/α,β-unsaturated/α-hetero) is 3. The van der Waals surface area contributed by atoms with Crippen molar-refractivity contribution < 1.29 is 38.2 Å². The molecule has 0 amide bonds. The first-order valence-corrected chi connectivity index (χ1v) is 8.16. The smallest absolute Gasteiger partial charge is 0.328 e. The summed E-state index contributed by atoms with van der Waals surface area (Å²) >= 11 is 0. The Morgan fingerprint density at radius 1 is 0.815 bits per heavy atom. The molecule has 0 heterocycles. The van der Waals surface area contributed by atoms with Crippen molar-refractivity contribution in [1.29, 1.82) is 0 Å². The maximum Gasteiger partial charge on any atom is 0.328 e. The van der Waals surface area contributed by atoms with Gasteiger partial charge in [0.15, 0.2) is 11.6 Å². The SMILES string of the molecule is C=C(C)C(=O)C(C(C)=O)C(C)=O.C=CC(=O)C(C(=O)OCC)C(=O)OCC. The molecule has 0 spiro atoms. The predicted molar refractivity (Wildman–Crippen MR) is 96.6 cm³/mol. The number of hydrogen-bond donors (Lipinski definition) is 0. The lowest BCUT2D eigenvalue weighted by Crippen LogP contribution is -2.33. The van der Waals surface area contributed by atoms with Crippen molar-refractivity contribution >= 4 is 35.1 Å². The maximum absolute atomic E-state index is 11.3. The van der Waals surface area contributed by atoms with Gasteiger partial charge in [0.1, 0.15) is 17.5 Å². The van der Waals surface area contributed by atoms with E-state index >= 15 is 0 Å². The van der Waals surface area contributed by atoms with Crippen molar-refractivity contribution in [3.05, 3.63) is 24.8 Å². The van der Waals surface area contributed by atoms with Gasteiger partial charge in [0, 0.05) is 0 Å². The van der Waals surface area contributed by atoms with E-state index in [0.717, 1.165) is 6.08 Å². The highest BCUT2D eigenvalue weighted by Gasteiger charge is 2.34. The Balaban J connectivity index is 0. The minimum absolute atomic E-state index is 0.0964. The van der Waals surface area contributed by atoms with Crippen LogP contribution in [0.15, 0.2) is 24.8 Å². The molecule has 0 atom stereocenters. The summed E-state index contributed by atoms with van der Waals surface area (Å²) in [7, 11) is 0. The average Bonchev–Trinajstić information content (AvgIpc) is 2.55. The van der Waals surface area contributed by atoms with E-state index in [1.165, 1.54) is 20.8 Å². The molecule has 0 bridgehead atoms. The van der Waals surface area contributed by atoms with E-state index < -0.39 is 46.9 Å². The Bertz CT molecular complexity index is 598. The molecule has 0 fully saturated rings. The fourth-order valence-electron chi connectivity index (χ4n) is 1.80. The van der Waals surface area contributed by atoms with Crippen LogP contribution in [-0.2, 0) is 38.2 Å². The van der Waals surface area contributed by atoms with Gasteiger partial charge in [0.25, 0.3) is 0 Å². The number of carbonyl (C=O) groups is 6. The largest absolute Gasteiger partial charge is 0.465 e. The quantitative estimate of drug-likeness (QED) is 0.316. The third-order valence-corrected chi connectivity index (χ3v) is 3.03. The Hall–Kier alpha value is -2.90. The summed E-state index contributed by atoms with van der Waals surface area (Å²) in [6, 6.07) is 0. The summed E-state index contributed by atoms with van der Waals surface area (Å²) in [5.41, 5.74) is 0.241. The highest BCUT2D eigenvalue weighted by Crippen LogP contribution is 2.08. The first-order chi connectivity index (χ1) is 12.5. The van der Waals surface area contributed by atoms with E-state index in [1.807, 2.05) is 0 Å². The summed E-state index contributed by atoms with van der Waals surface area (Å²) in [6.07, 6.45) is 0.901. The van der Waals surface area contributed by atoms with Gasteiger partial charge in [-0.15, -0.1) is 0 Å².